The highest BCUT2D eigenvalue weighted by Crippen LogP contribution is 2.21. The van der Waals surface area contributed by atoms with Crippen molar-refractivity contribution >= 4 is 11.9 Å². The van der Waals surface area contributed by atoms with Crippen molar-refractivity contribution in [1.82, 2.24) is 10.3 Å². The molecule has 2 aliphatic rings. The van der Waals surface area contributed by atoms with Crippen molar-refractivity contribution in [3.8, 4) is 0 Å². The fourth-order valence-electron chi connectivity index (χ4n) is 3.19. The van der Waals surface area contributed by atoms with Crippen LogP contribution in [0.4, 0.5) is 0 Å². The number of nitrogens with one attached hydrogen (secondary N) is 2. The Balaban J connectivity index is 1.89. The van der Waals surface area contributed by atoms with Gasteiger partial charge in [-0.1, -0.05) is 6.42 Å². The normalized spacial score (nSPS) is 23.8. The standard InChI is InChI=1S/C16H20N2O5/c19-13-11(8-10-4-2-1-3-5-12(10)17-13)14(20)18-16(15(21)22)6-7-23-9-16/h8H,1-7,9H2,(H,17,19)(H,18,20)(H,21,22). The maximum absolute atomic E-state index is 12.5. The van der Waals surface area contributed by atoms with E-state index in [1.54, 1.807) is 6.07 Å². The van der Waals surface area contributed by atoms with E-state index in [0.717, 1.165) is 43.4 Å². The van der Waals surface area contributed by atoms with Gasteiger partial charge in [0.15, 0.2) is 5.54 Å². The van der Waals surface area contributed by atoms with Gasteiger partial charge in [-0.2, -0.15) is 0 Å². The summed E-state index contributed by atoms with van der Waals surface area (Å²) in [5.41, 5.74) is -0.0858. The fourth-order valence-corrected chi connectivity index (χ4v) is 3.19. The van der Waals surface area contributed by atoms with E-state index in [-0.39, 0.29) is 25.2 Å². The third-order valence-electron chi connectivity index (χ3n) is 4.62. The van der Waals surface area contributed by atoms with Crippen LogP contribution in [0.15, 0.2) is 10.9 Å². The van der Waals surface area contributed by atoms with Crippen LogP contribution in [-0.2, 0) is 22.4 Å². The molecule has 1 saturated heterocycles. The van der Waals surface area contributed by atoms with Crippen LogP contribution in [0.2, 0.25) is 0 Å². The Morgan fingerprint density at radius 1 is 1.26 bits per heavy atom. The molecule has 7 heteroatoms. The van der Waals surface area contributed by atoms with Gasteiger partial charge in [-0.15, -0.1) is 0 Å². The van der Waals surface area contributed by atoms with Crippen molar-refractivity contribution in [2.24, 2.45) is 0 Å². The number of carboxylic acids is 1. The molecule has 1 aromatic rings. The van der Waals surface area contributed by atoms with E-state index in [0.29, 0.717) is 0 Å². The molecule has 1 aliphatic carbocycles. The van der Waals surface area contributed by atoms with Crippen LogP contribution in [0.1, 0.15) is 47.3 Å². The number of carbonyl (C=O) groups excluding carboxylic acids is 1. The molecule has 1 aromatic heterocycles. The lowest BCUT2D eigenvalue weighted by molar-refractivity contribution is -0.144. The number of amides is 1. The molecular formula is C16H20N2O5. The molecule has 3 N–H and O–H groups in total. The first-order chi connectivity index (χ1) is 11.0. The summed E-state index contributed by atoms with van der Waals surface area (Å²) in [6, 6.07) is 1.61. The Labute approximate surface area is 133 Å². The number of hydrogen-bond donors (Lipinski definition) is 3. The first-order valence-electron chi connectivity index (χ1n) is 7.90. The molecule has 1 fully saturated rings. The van der Waals surface area contributed by atoms with Crippen LogP contribution in [0.5, 0.6) is 0 Å². The molecule has 3 rings (SSSR count). The molecule has 2 heterocycles. The summed E-state index contributed by atoms with van der Waals surface area (Å²) in [5, 5.41) is 11.9. The quantitative estimate of drug-likeness (QED) is 0.707. The van der Waals surface area contributed by atoms with Crippen molar-refractivity contribution in [1.29, 1.82) is 0 Å². The van der Waals surface area contributed by atoms with Gasteiger partial charge in [-0.05, 0) is 37.3 Å². The van der Waals surface area contributed by atoms with Gasteiger partial charge in [-0.3, -0.25) is 9.59 Å². The highest BCUT2D eigenvalue weighted by atomic mass is 16.5. The summed E-state index contributed by atoms with van der Waals surface area (Å²) < 4.78 is 5.11. The Kier molecular flexibility index (Phi) is 4.21. The molecule has 1 atom stereocenters. The van der Waals surface area contributed by atoms with Crippen LogP contribution >= 0.6 is 0 Å². The predicted octanol–water partition coefficient (Wildman–Crippen LogP) is 0.617. The van der Waals surface area contributed by atoms with Gasteiger partial charge >= 0.3 is 5.97 Å². The highest BCUT2D eigenvalue weighted by Gasteiger charge is 2.44. The van der Waals surface area contributed by atoms with Crippen molar-refractivity contribution in [3.63, 3.8) is 0 Å². The summed E-state index contributed by atoms with van der Waals surface area (Å²) >= 11 is 0. The number of hydrogen-bond acceptors (Lipinski definition) is 4. The number of aliphatic carboxylic acids is 1. The number of pyridine rings is 1. The van der Waals surface area contributed by atoms with Gasteiger partial charge in [0.05, 0.1) is 6.61 Å². The average molecular weight is 320 g/mol. The molecule has 0 radical (unpaired) electrons. The zero-order chi connectivity index (χ0) is 16.4. The average Bonchev–Trinajstić information content (AvgIpc) is 2.87. The van der Waals surface area contributed by atoms with Crippen molar-refractivity contribution in [3.05, 3.63) is 33.2 Å². The second kappa shape index (κ2) is 6.16. The van der Waals surface area contributed by atoms with Gasteiger partial charge in [0, 0.05) is 18.7 Å². The molecular weight excluding hydrogens is 300 g/mol. The summed E-state index contributed by atoms with van der Waals surface area (Å²) in [4.78, 5) is 38.9. The summed E-state index contributed by atoms with van der Waals surface area (Å²) in [6.07, 6.45) is 4.95. The first-order valence-corrected chi connectivity index (χ1v) is 7.90. The largest absolute Gasteiger partial charge is 0.479 e. The molecule has 0 aromatic carbocycles. The van der Waals surface area contributed by atoms with Gasteiger partial charge in [0.1, 0.15) is 5.56 Å². The minimum absolute atomic E-state index is 0.0295. The summed E-state index contributed by atoms with van der Waals surface area (Å²) in [7, 11) is 0. The van der Waals surface area contributed by atoms with Gasteiger partial charge < -0.3 is 20.1 Å². The molecule has 0 saturated carbocycles. The smallest absolute Gasteiger partial charge is 0.331 e. The number of aryl methyl sites for hydroxylation is 2. The number of fused-ring (bicyclic) bond motifs is 1. The third-order valence-corrected chi connectivity index (χ3v) is 4.62. The Morgan fingerprint density at radius 2 is 2.04 bits per heavy atom. The number of carboxylic acid groups (broad SMARTS) is 1. The molecule has 1 aliphatic heterocycles. The van der Waals surface area contributed by atoms with Crippen molar-refractivity contribution < 1.29 is 19.4 Å². The maximum atomic E-state index is 12.5. The van der Waals surface area contributed by atoms with Crippen LogP contribution in [0, 0.1) is 0 Å². The molecule has 0 bridgehead atoms. The Hall–Kier alpha value is -2.15. The van der Waals surface area contributed by atoms with E-state index in [4.69, 9.17) is 4.74 Å². The number of carbonyl (C=O) groups is 2. The minimum atomic E-state index is -1.45. The molecule has 1 amide bonds. The Bertz CT molecular complexity index is 688. The van der Waals surface area contributed by atoms with Crippen molar-refractivity contribution in [2.75, 3.05) is 13.2 Å². The predicted molar refractivity (Wildman–Crippen MR) is 81.6 cm³/mol. The first kappa shape index (κ1) is 15.7. The second-order valence-corrected chi connectivity index (χ2v) is 6.22. The van der Waals surface area contributed by atoms with Crippen LogP contribution in [-0.4, -0.2) is 40.7 Å². The van der Waals surface area contributed by atoms with E-state index < -0.39 is 23.0 Å². The zero-order valence-electron chi connectivity index (χ0n) is 12.8. The Morgan fingerprint density at radius 3 is 2.74 bits per heavy atom. The second-order valence-electron chi connectivity index (χ2n) is 6.22. The van der Waals surface area contributed by atoms with E-state index in [2.05, 4.69) is 10.3 Å². The summed E-state index contributed by atoms with van der Waals surface area (Å²) in [5.74, 6) is -1.80. The van der Waals surface area contributed by atoms with Crippen LogP contribution in [0.3, 0.4) is 0 Å². The highest BCUT2D eigenvalue weighted by molar-refractivity contribution is 5.98. The number of rotatable bonds is 3. The lowest BCUT2D eigenvalue weighted by Crippen LogP contribution is -2.55. The zero-order valence-corrected chi connectivity index (χ0v) is 12.8. The molecule has 0 spiro atoms. The molecule has 23 heavy (non-hydrogen) atoms. The van der Waals surface area contributed by atoms with Crippen LogP contribution in [0.25, 0.3) is 0 Å². The SMILES string of the molecule is O=C(NC1(C(=O)O)CCOC1)c1cc2c([nH]c1=O)CCCCC2. The number of aromatic amines is 1. The molecule has 124 valence electrons. The lowest BCUT2D eigenvalue weighted by atomic mass is 9.98. The van der Waals surface area contributed by atoms with Gasteiger partial charge in [0.25, 0.3) is 11.5 Å². The number of aromatic nitrogens is 1. The van der Waals surface area contributed by atoms with E-state index >= 15 is 0 Å². The van der Waals surface area contributed by atoms with Crippen molar-refractivity contribution in [2.45, 2.75) is 44.1 Å². The fraction of sp³-hybridized carbons (Fsp3) is 0.562. The maximum Gasteiger partial charge on any atom is 0.331 e. The van der Waals surface area contributed by atoms with E-state index in [1.165, 1.54) is 0 Å². The lowest BCUT2D eigenvalue weighted by Gasteiger charge is -2.23. The monoisotopic (exact) mass is 320 g/mol. The summed E-state index contributed by atoms with van der Waals surface area (Å²) in [6.45, 7) is 0.185. The third kappa shape index (κ3) is 3.01. The number of H-pyrrole nitrogens is 1. The van der Waals surface area contributed by atoms with Gasteiger partial charge in [-0.25, -0.2) is 4.79 Å². The molecule has 1 unspecified atom stereocenters. The molecule has 7 nitrogen and oxygen atoms in total. The number of ether oxygens (including phenoxy) is 1. The van der Waals surface area contributed by atoms with Crippen LogP contribution < -0.4 is 10.9 Å². The van der Waals surface area contributed by atoms with E-state index in [9.17, 15) is 19.5 Å². The minimum Gasteiger partial charge on any atom is -0.479 e. The topological polar surface area (TPSA) is 108 Å². The van der Waals surface area contributed by atoms with Gasteiger partial charge in [0.2, 0.25) is 0 Å². The van der Waals surface area contributed by atoms with E-state index in [1.807, 2.05) is 0 Å².